The maximum atomic E-state index is 10.6. The largest absolute Gasteiger partial charge is 0.264 e. The first-order valence-electron chi connectivity index (χ1n) is 4.91. The highest BCUT2D eigenvalue weighted by atomic mass is 16.6. The van der Waals surface area contributed by atoms with E-state index in [0.717, 1.165) is 12.8 Å². The van der Waals surface area contributed by atoms with Crippen LogP contribution >= 0.6 is 0 Å². The van der Waals surface area contributed by atoms with Gasteiger partial charge in [-0.1, -0.05) is 12.8 Å². The molecule has 0 aliphatic heterocycles. The van der Waals surface area contributed by atoms with Gasteiger partial charge in [-0.05, 0) is 24.7 Å². The molecule has 0 N–H and O–H groups in total. The van der Waals surface area contributed by atoms with E-state index in [0.29, 0.717) is 11.8 Å². The predicted molar refractivity (Wildman–Crippen MR) is 45.5 cm³/mol. The summed E-state index contributed by atoms with van der Waals surface area (Å²) < 4.78 is 0. The van der Waals surface area contributed by atoms with Crippen molar-refractivity contribution in [1.29, 1.82) is 0 Å². The van der Waals surface area contributed by atoms with E-state index < -0.39 is 0 Å². The Bertz CT molecular complexity index is 179. The minimum Gasteiger partial charge on any atom is -0.264 e. The van der Waals surface area contributed by atoms with Crippen LogP contribution in [-0.2, 0) is 0 Å². The van der Waals surface area contributed by atoms with E-state index in [-0.39, 0.29) is 11.0 Å². The third-order valence-electron chi connectivity index (χ3n) is 3.51. The Morgan fingerprint density at radius 3 is 2.00 bits per heavy atom. The molecule has 2 atom stereocenters. The molecule has 0 aromatic heterocycles. The van der Waals surface area contributed by atoms with Crippen molar-refractivity contribution in [2.45, 2.75) is 44.6 Å². The molecular weight excluding hydrogens is 154 g/mol. The van der Waals surface area contributed by atoms with Crippen molar-refractivity contribution >= 4 is 0 Å². The first-order chi connectivity index (χ1) is 5.77. The Kier molecular flexibility index (Phi) is 2.03. The maximum absolute atomic E-state index is 10.6. The van der Waals surface area contributed by atoms with Gasteiger partial charge in [0.05, 0.1) is 0 Å². The molecule has 2 fully saturated rings. The van der Waals surface area contributed by atoms with E-state index in [1.165, 1.54) is 25.7 Å². The van der Waals surface area contributed by atoms with Gasteiger partial charge in [0, 0.05) is 17.8 Å². The molecule has 3 nitrogen and oxygen atoms in total. The lowest BCUT2D eigenvalue weighted by Crippen LogP contribution is -2.14. The van der Waals surface area contributed by atoms with Crippen LogP contribution in [0, 0.1) is 22.0 Å². The lowest BCUT2D eigenvalue weighted by atomic mass is 9.82. The van der Waals surface area contributed by atoms with Crippen molar-refractivity contribution in [3.05, 3.63) is 10.1 Å². The van der Waals surface area contributed by atoms with Gasteiger partial charge < -0.3 is 0 Å². The standard InChI is InChI=1S/C9H15NO2/c11-10(12)9-5-7-3-1-2-4-8(7)6-9/h7-9H,1-6H2/t7-,8-/m1/s1. The van der Waals surface area contributed by atoms with E-state index in [1.807, 2.05) is 0 Å². The summed E-state index contributed by atoms with van der Waals surface area (Å²) in [6, 6.07) is -0.210. The average molecular weight is 169 g/mol. The average Bonchev–Trinajstić information content (AvgIpc) is 2.46. The Hall–Kier alpha value is -0.600. The lowest BCUT2D eigenvalue weighted by Gasteiger charge is -2.23. The van der Waals surface area contributed by atoms with Crippen LogP contribution < -0.4 is 0 Å². The van der Waals surface area contributed by atoms with Crippen molar-refractivity contribution < 1.29 is 4.92 Å². The molecule has 2 aliphatic carbocycles. The van der Waals surface area contributed by atoms with Gasteiger partial charge in [-0.2, -0.15) is 0 Å². The van der Waals surface area contributed by atoms with Gasteiger partial charge in [0.25, 0.3) is 0 Å². The smallest absolute Gasteiger partial charge is 0.213 e. The molecule has 0 bridgehead atoms. The van der Waals surface area contributed by atoms with Gasteiger partial charge >= 0.3 is 0 Å². The van der Waals surface area contributed by atoms with Gasteiger partial charge in [-0.3, -0.25) is 10.1 Å². The Morgan fingerprint density at radius 2 is 1.58 bits per heavy atom. The van der Waals surface area contributed by atoms with Gasteiger partial charge in [-0.15, -0.1) is 0 Å². The molecule has 0 aromatic carbocycles. The number of fused-ring (bicyclic) bond motifs is 1. The minimum atomic E-state index is -0.210. The topological polar surface area (TPSA) is 43.1 Å². The number of hydrogen-bond donors (Lipinski definition) is 0. The van der Waals surface area contributed by atoms with E-state index in [9.17, 15) is 10.1 Å². The summed E-state index contributed by atoms with van der Waals surface area (Å²) in [6.45, 7) is 0. The summed E-state index contributed by atoms with van der Waals surface area (Å²) in [6.07, 6.45) is 6.80. The zero-order valence-electron chi connectivity index (χ0n) is 7.24. The third-order valence-corrected chi connectivity index (χ3v) is 3.51. The molecular formula is C9H15NO2. The van der Waals surface area contributed by atoms with Crippen molar-refractivity contribution in [1.82, 2.24) is 0 Å². The highest BCUT2D eigenvalue weighted by molar-refractivity contribution is 4.86. The van der Waals surface area contributed by atoms with Crippen LogP contribution in [0.25, 0.3) is 0 Å². The normalized spacial score (nSPS) is 36.3. The second kappa shape index (κ2) is 3.04. The molecule has 0 unspecified atom stereocenters. The molecule has 0 radical (unpaired) electrons. The monoisotopic (exact) mass is 169 g/mol. The molecule has 3 heteroatoms. The summed E-state index contributed by atoms with van der Waals surface area (Å²) in [5.74, 6) is 1.38. The molecule has 0 spiro atoms. The molecule has 0 saturated heterocycles. The molecule has 2 saturated carbocycles. The first kappa shape index (κ1) is 8.02. The van der Waals surface area contributed by atoms with E-state index in [1.54, 1.807) is 0 Å². The summed E-state index contributed by atoms with van der Waals surface area (Å²) in [4.78, 5) is 10.5. The summed E-state index contributed by atoms with van der Waals surface area (Å²) >= 11 is 0. The number of hydrogen-bond acceptors (Lipinski definition) is 2. The quantitative estimate of drug-likeness (QED) is 0.446. The van der Waals surface area contributed by atoms with Crippen molar-refractivity contribution in [2.24, 2.45) is 11.8 Å². The van der Waals surface area contributed by atoms with Gasteiger partial charge in [0.1, 0.15) is 0 Å². The number of rotatable bonds is 1. The SMILES string of the molecule is O=[N+]([O-])C1C[C@H]2CCCC[C@@H]2C1. The molecule has 68 valence electrons. The fourth-order valence-corrected chi connectivity index (χ4v) is 2.87. The van der Waals surface area contributed by atoms with Crippen molar-refractivity contribution in [3.8, 4) is 0 Å². The van der Waals surface area contributed by atoms with Crippen molar-refractivity contribution in [3.63, 3.8) is 0 Å². The van der Waals surface area contributed by atoms with E-state index in [2.05, 4.69) is 0 Å². The van der Waals surface area contributed by atoms with Crippen LogP contribution in [0.2, 0.25) is 0 Å². The highest BCUT2D eigenvalue weighted by Crippen LogP contribution is 2.42. The summed E-state index contributed by atoms with van der Waals surface area (Å²) in [7, 11) is 0. The number of nitro groups is 1. The van der Waals surface area contributed by atoms with E-state index in [4.69, 9.17) is 0 Å². The van der Waals surface area contributed by atoms with Crippen LogP contribution in [0.5, 0.6) is 0 Å². The lowest BCUT2D eigenvalue weighted by molar-refractivity contribution is -0.521. The first-order valence-corrected chi connectivity index (χ1v) is 4.91. The Morgan fingerprint density at radius 1 is 1.08 bits per heavy atom. The predicted octanol–water partition coefficient (Wildman–Crippen LogP) is 2.23. The minimum absolute atomic E-state index is 0.0711. The second-order valence-corrected chi connectivity index (χ2v) is 4.22. The molecule has 0 aromatic rings. The van der Waals surface area contributed by atoms with Crippen molar-refractivity contribution in [2.75, 3.05) is 0 Å². The summed E-state index contributed by atoms with van der Waals surface area (Å²) in [5.41, 5.74) is 0. The van der Waals surface area contributed by atoms with Crippen LogP contribution in [-0.4, -0.2) is 11.0 Å². The molecule has 2 aliphatic rings. The molecule has 0 amide bonds. The van der Waals surface area contributed by atoms with Crippen LogP contribution in [0.3, 0.4) is 0 Å². The molecule has 2 rings (SSSR count). The number of nitrogens with zero attached hydrogens (tertiary/aromatic N) is 1. The van der Waals surface area contributed by atoms with Crippen LogP contribution in [0.1, 0.15) is 38.5 Å². The fourth-order valence-electron chi connectivity index (χ4n) is 2.87. The third kappa shape index (κ3) is 1.32. The zero-order chi connectivity index (χ0) is 8.55. The Balaban J connectivity index is 1.98. The van der Waals surface area contributed by atoms with Gasteiger partial charge in [-0.25, -0.2) is 0 Å². The second-order valence-electron chi connectivity index (χ2n) is 4.22. The summed E-state index contributed by atoms with van der Waals surface area (Å²) in [5, 5.41) is 10.6. The zero-order valence-corrected chi connectivity index (χ0v) is 7.24. The van der Waals surface area contributed by atoms with Crippen LogP contribution in [0.4, 0.5) is 0 Å². The van der Waals surface area contributed by atoms with Gasteiger partial charge in [0.15, 0.2) is 0 Å². The van der Waals surface area contributed by atoms with Gasteiger partial charge in [0.2, 0.25) is 6.04 Å². The Labute approximate surface area is 72.3 Å². The van der Waals surface area contributed by atoms with E-state index >= 15 is 0 Å². The fraction of sp³-hybridized carbons (Fsp3) is 1.00. The maximum Gasteiger partial charge on any atom is 0.213 e. The molecule has 0 heterocycles. The van der Waals surface area contributed by atoms with Crippen LogP contribution in [0.15, 0.2) is 0 Å². The molecule has 12 heavy (non-hydrogen) atoms. The highest BCUT2D eigenvalue weighted by Gasteiger charge is 2.41.